The summed E-state index contributed by atoms with van der Waals surface area (Å²) in [6, 6.07) is 0. The average molecular weight is 256 g/mol. The Hall–Kier alpha value is -0.0300. The highest BCUT2D eigenvalue weighted by Gasteiger charge is 2.31. The van der Waals surface area contributed by atoms with E-state index in [9.17, 15) is 4.79 Å². The fourth-order valence-corrected chi connectivity index (χ4v) is 1.25. The van der Waals surface area contributed by atoms with Crippen molar-refractivity contribution < 1.29 is 14.3 Å². The molecule has 15 heavy (non-hydrogen) atoms. The molecule has 1 N–H and O–H groups in total. The van der Waals surface area contributed by atoms with Gasteiger partial charge in [0.05, 0.1) is 19.8 Å². The molecule has 4 nitrogen and oxygen atoms in total. The van der Waals surface area contributed by atoms with Crippen LogP contribution in [0.25, 0.3) is 0 Å². The summed E-state index contributed by atoms with van der Waals surface area (Å²) in [5.41, 5.74) is 0. The summed E-state index contributed by atoms with van der Waals surface area (Å²) in [5.74, 6) is -0.411. The van der Waals surface area contributed by atoms with Gasteiger partial charge in [0.25, 0.3) is 5.91 Å². The van der Waals surface area contributed by atoms with Gasteiger partial charge in [0, 0.05) is 0 Å². The normalized spacial score (nSPS) is 18.9. The van der Waals surface area contributed by atoms with E-state index >= 15 is 0 Å². The number of nitrogens with one attached hydrogen (secondary N) is 1. The summed E-state index contributed by atoms with van der Waals surface area (Å²) in [7, 11) is 0. The molecule has 1 saturated heterocycles. The summed E-state index contributed by atoms with van der Waals surface area (Å²) < 4.78 is 9.14. The highest BCUT2D eigenvalue weighted by molar-refractivity contribution is 6.58. The quantitative estimate of drug-likeness (QED) is 0.774. The first-order valence-corrected chi connectivity index (χ1v) is 5.71. The number of amides is 1. The first kappa shape index (κ1) is 13.0. The van der Waals surface area contributed by atoms with Crippen LogP contribution in [0, 0.1) is 0 Å². The number of hydrogen-bond donors (Lipinski definition) is 1. The highest BCUT2D eigenvalue weighted by Crippen LogP contribution is 2.24. The van der Waals surface area contributed by atoms with Crippen LogP contribution in [0.1, 0.15) is 19.8 Å². The number of carbonyl (C=O) groups is 1. The van der Waals surface area contributed by atoms with Gasteiger partial charge in [-0.3, -0.25) is 4.79 Å². The molecule has 1 heterocycles. The fourth-order valence-electron chi connectivity index (χ4n) is 1.12. The van der Waals surface area contributed by atoms with E-state index in [0.717, 1.165) is 6.42 Å². The van der Waals surface area contributed by atoms with Gasteiger partial charge in [0.2, 0.25) is 0 Å². The Morgan fingerprint density at radius 3 is 2.60 bits per heavy atom. The van der Waals surface area contributed by atoms with Crippen LogP contribution in [0.15, 0.2) is 0 Å². The second-order valence-electron chi connectivity index (χ2n) is 3.29. The van der Waals surface area contributed by atoms with Crippen LogP contribution in [-0.4, -0.2) is 36.3 Å². The van der Waals surface area contributed by atoms with Crippen molar-refractivity contribution in [3.63, 3.8) is 0 Å². The van der Waals surface area contributed by atoms with E-state index in [1.807, 2.05) is 0 Å². The maximum absolute atomic E-state index is 11.5. The Bertz CT molecular complexity index is 217. The molecule has 0 bridgehead atoms. The summed E-state index contributed by atoms with van der Waals surface area (Å²) in [6.45, 7) is 3.33. The molecular weight excluding hydrogens is 241 g/mol. The van der Waals surface area contributed by atoms with Gasteiger partial charge in [0.1, 0.15) is 0 Å². The average Bonchev–Trinajstić information content (AvgIpc) is 2.27. The number of halogens is 2. The predicted molar refractivity (Wildman–Crippen MR) is 58.0 cm³/mol. The van der Waals surface area contributed by atoms with Crippen LogP contribution in [0.4, 0.5) is 0 Å². The summed E-state index contributed by atoms with van der Waals surface area (Å²) >= 11 is 11.5. The molecule has 1 aliphatic heterocycles. The van der Waals surface area contributed by atoms with Gasteiger partial charge in [-0.05, 0) is 12.8 Å². The van der Waals surface area contributed by atoms with Gasteiger partial charge in [0.15, 0.2) is 10.6 Å². The minimum absolute atomic E-state index is 0.278. The summed E-state index contributed by atoms with van der Waals surface area (Å²) in [5, 5.41) is 2.59. The third kappa shape index (κ3) is 4.15. The Morgan fingerprint density at radius 1 is 1.47 bits per heavy atom. The van der Waals surface area contributed by atoms with Crippen molar-refractivity contribution in [2.75, 3.05) is 19.8 Å². The van der Waals surface area contributed by atoms with Gasteiger partial charge in [-0.1, -0.05) is 30.1 Å². The van der Waals surface area contributed by atoms with Crippen LogP contribution in [0.3, 0.4) is 0 Å². The third-order valence-corrected chi connectivity index (χ3v) is 2.98. The molecule has 0 aromatic rings. The first-order chi connectivity index (χ1) is 7.06. The molecule has 0 aromatic heterocycles. The smallest absolute Gasteiger partial charge is 0.256 e. The predicted octanol–water partition coefficient (Wildman–Crippen LogP) is 1.45. The van der Waals surface area contributed by atoms with Gasteiger partial charge in [-0.2, -0.15) is 0 Å². The van der Waals surface area contributed by atoms with Crippen molar-refractivity contribution >= 4 is 29.1 Å². The van der Waals surface area contributed by atoms with Gasteiger partial charge in [-0.25, -0.2) is 0 Å². The zero-order valence-electron chi connectivity index (χ0n) is 8.59. The van der Waals surface area contributed by atoms with E-state index in [4.69, 9.17) is 32.7 Å². The fraction of sp³-hybridized carbons (Fsp3) is 0.889. The lowest BCUT2D eigenvalue weighted by atomic mass is 10.3. The zero-order valence-corrected chi connectivity index (χ0v) is 10.1. The van der Waals surface area contributed by atoms with E-state index in [1.165, 1.54) is 0 Å². The Kier molecular flexibility index (Phi) is 5.12. The van der Waals surface area contributed by atoms with Crippen molar-refractivity contribution in [2.45, 2.75) is 30.4 Å². The van der Waals surface area contributed by atoms with Crippen molar-refractivity contribution in [1.29, 1.82) is 0 Å². The SMILES string of the molecule is CCC(Cl)(Cl)C(=O)NCC1OCCCO1. The molecule has 1 aliphatic rings. The van der Waals surface area contributed by atoms with E-state index in [1.54, 1.807) is 6.92 Å². The second kappa shape index (κ2) is 5.89. The first-order valence-electron chi connectivity index (χ1n) is 4.95. The molecule has 1 fully saturated rings. The number of carbonyl (C=O) groups excluding carboxylic acids is 1. The third-order valence-electron chi connectivity index (χ3n) is 2.10. The molecule has 0 aromatic carbocycles. The molecule has 88 valence electrons. The lowest BCUT2D eigenvalue weighted by molar-refractivity contribution is -0.176. The molecule has 0 aliphatic carbocycles. The van der Waals surface area contributed by atoms with Crippen LogP contribution in [0.5, 0.6) is 0 Å². The lowest BCUT2D eigenvalue weighted by Crippen LogP contribution is -2.44. The lowest BCUT2D eigenvalue weighted by Gasteiger charge is -2.24. The minimum Gasteiger partial charge on any atom is -0.351 e. The van der Waals surface area contributed by atoms with Gasteiger partial charge >= 0.3 is 0 Å². The van der Waals surface area contributed by atoms with Crippen LogP contribution in [0.2, 0.25) is 0 Å². The second-order valence-corrected chi connectivity index (χ2v) is 4.78. The molecule has 1 amide bonds. The number of alkyl halides is 2. The highest BCUT2D eigenvalue weighted by atomic mass is 35.5. The monoisotopic (exact) mass is 255 g/mol. The van der Waals surface area contributed by atoms with E-state index in [0.29, 0.717) is 19.6 Å². The molecule has 0 unspecified atom stereocenters. The maximum Gasteiger partial charge on any atom is 0.256 e. The molecule has 0 radical (unpaired) electrons. The number of ether oxygens (including phenoxy) is 2. The molecule has 1 rings (SSSR count). The van der Waals surface area contributed by atoms with E-state index in [-0.39, 0.29) is 12.8 Å². The standard InChI is InChI=1S/C9H15Cl2NO3/c1-2-9(10,11)8(13)12-6-7-14-4-3-5-15-7/h7H,2-6H2,1H3,(H,12,13). The molecule has 0 saturated carbocycles. The summed E-state index contributed by atoms with van der Waals surface area (Å²) in [6.07, 6.45) is 0.853. The number of hydrogen-bond acceptors (Lipinski definition) is 3. The van der Waals surface area contributed by atoms with Crippen LogP contribution < -0.4 is 5.32 Å². The Labute approximate surface area is 99.2 Å². The minimum atomic E-state index is -1.37. The largest absolute Gasteiger partial charge is 0.351 e. The van der Waals surface area contributed by atoms with E-state index < -0.39 is 10.2 Å². The van der Waals surface area contributed by atoms with Gasteiger partial charge < -0.3 is 14.8 Å². The Balaban J connectivity index is 2.26. The summed E-state index contributed by atoms with van der Waals surface area (Å²) in [4.78, 5) is 11.5. The van der Waals surface area contributed by atoms with Crippen molar-refractivity contribution in [3.05, 3.63) is 0 Å². The van der Waals surface area contributed by atoms with E-state index in [2.05, 4.69) is 5.32 Å². The topological polar surface area (TPSA) is 47.6 Å². The van der Waals surface area contributed by atoms with Crippen LogP contribution >= 0.6 is 23.2 Å². The molecule has 0 spiro atoms. The molecule has 6 heteroatoms. The van der Waals surface area contributed by atoms with Crippen LogP contribution in [-0.2, 0) is 14.3 Å². The van der Waals surface area contributed by atoms with Crippen molar-refractivity contribution in [3.8, 4) is 0 Å². The van der Waals surface area contributed by atoms with Crippen molar-refractivity contribution in [2.24, 2.45) is 0 Å². The van der Waals surface area contributed by atoms with Crippen molar-refractivity contribution in [1.82, 2.24) is 5.32 Å². The number of rotatable bonds is 4. The molecular formula is C9H15Cl2NO3. The van der Waals surface area contributed by atoms with Gasteiger partial charge in [-0.15, -0.1) is 0 Å². The maximum atomic E-state index is 11.5. The zero-order chi connectivity index (χ0) is 11.3. The molecule has 0 atom stereocenters. The Morgan fingerprint density at radius 2 is 2.07 bits per heavy atom.